The summed E-state index contributed by atoms with van der Waals surface area (Å²) in [5.74, 6) is 0. The summed E-state index contributed by atoms with van der Waals surface area (Å²) in [5, 5.41) is 0. The zero-order valence-electron chi connectivity index (χ0n) is 4.53. The molecule has 0 amide bonds. The van der Waals surface area contributed by atoms with Gasteiger partial charge >= 0.3 is 23.5 Å². The normalized spacial score (nSPS) is 14.9. The fourth-order valence-corrected chi connectivity index (χ4v) is 1.07. The van der Waals surface area contributed by atoms with E-state index in [1.807, 2.05) is 0 Å². The molecule has 0 bridgehead atoms. The molecular formula is CHF3O5S2. The fourth-order valence-electron chi connectivity index (χ4n) is 0.119. The predicted molar refractivity (Wildman–Crippen MR) is 26.5 cm³/mol. The molecule has 0 aliphatic carbocycles. The van der Waals surface area contributed by atoms with Crippen molar-refractivity contribution in [1.82, 2.24) is 0 Å². The monoisotopic (exact) mass is 214 g/mol. The summed E-state index contributed by atoms with van der Waals surface area (Å²) in [7, 11) is -12.6. The van der Waals surface area contributed by atoms with E-state index in [0.717, 1.165) is 0 Å². The van der Waals surface area contributed by atoms with Gasteiger partial charge in [0.2, 0.25) is 0 Å². The zero-order valence-corrected chi connectivity index (χ0v) is 6.16. The smallest absolute Gasteiger partial charge is 0.273 e. The van der Waals surface area contributed by atoms with Gasteiger partial charge in [0.1, 0.15) is 0 Å². The van der Waals surface area contributed by atoms with Gasteiger partial charge in [-0.05, 0) is 0 Å². The van der Waals surface area contributed by atoms with Crippen LogP contribution in [0, 0.1) is 0 Å². The quantitative estimate of drug-likeness (QED) is 0.479. The van der Waals surface area contributed by atoms with Crippen molar-refractivity contribution in [3.63, 3.8) is 0 Å². The third-order valence-electron chi connectivity index (χ3n) is 0.561. The lowest BCUT2D eigenvalue weighted by molar-refractivity contribution is -0.0414. The molecule has 0 saturated carbocycles. The van der Waals surface area contributed by atoms with Crippen LogP contribution in [0.5, 0.6) is 0 Å². The average Bonchev–Trinajstić information content (AvgIpc) is 1.58. The lowest BCUT2D eigenvalue weighted by Gasteiger charge is -2.02. The van der Waals surface area contributed by atoms with Crippen molar-refractivity contribution in [2.75, 3.05) is 0 Å². The summed E-state index contributed by atoms with van der Waals surface area (Å²) < 4.78 is 79.7. The number of halogens is 3. The molecule has 0 rings (SSSR count). The van der Waals surface area contributed by atoms with Crippen molar-refractivity contribution in [2.24, 2.45) is 0 Å². The van der Waals surface area contributed by atoms with Gasteiger partial charge in [-0.2, -0.15) is 21.6 Å². The summed E-state index contributed by atoms with van der Waals surface area (Å²) >= 11 is 0. The zero-order chi connectivity index (χ0) is 9.50. The summed E-state index contributed by atoms with van der Waals surface area (Å²) in [6.07, 6.45) is 0. The van der Waals surface area contributed by atoms with Gasteiger partial charge in [-0.25, -0.2) is 8.42 Å². The van der Waals surface area contributed by atoms with E-state index in [4.69, 9.17) is 4.55 Å². The highest BCUT2D eigenvalue weighted by atomic mass is 33.2. The molecule has 0 aliphatic rings. The van der Waals surface area contributed by atoms with Crippen LogP contribution in [0.15, 0.2) is 0 Å². The molecule has 11 heavy (non-hydrogen) atoms. The highest BCUT2D eigenvalue weighted by molar-refractivity contribution is 8.65. The van der Waals surface area contributed by atoms with Crippen molar-refractivity contribution in [3.05, 3.63) is 0 Å². The Bertz CT molecular complexity index is 330. The van der Waals surface area contributed by atoms with Gasteiger partial charge in [-0.1, -0.05) is 0 Å². The highest BCUT2D eigenvalue weighted by Gasteiger charge is 2.54. The van der Waals surface area contributed by atoms with Crippen LogP contribution < -0.4 is 0 Å². The molecule has 1 N–H and O–H groups in total. The average molecular weight is 214 g/mol. The van der Waals surface area contributed by atoms with Gasteiger partial charge in [-0.3, -0.25) is 4.55 Å². The van der Waals surface area contributed by atoms with Crippen LogP contribution >= 0.6 is 0 Å². The molecule has 0 aromatic rings. The standard InChI is InChI=1S/CHF3O5S2/c2-1(3,4)10(5,6)11(7,8)9/h(H,7,8,9). The number of hydrogen-bond donors (Lipinski definition) is 1. The maximum absolute atomic E-state index is 11.2. The van der Waals surface area contributed by atoms with Gasteiger partial charge < -0.3 is 0 Å². The van der Waals surface area contributed by atoms with Crippen molar-refractivity contribution in [3.8, 4) is 0 Å². The third-order valence-corrected chi connectivity index (χ3v) is 3.91. The van der Waals surface area contributed by atoms with E-state index in [2.05, 4.69) is 0 Å². The van der Waals surface area contributed by atoms with Crippen molar-refractivity contribution < 1.29 is 34.6 Å². The highest BCUT2D eigenvalue weighted by Crippen LogP contribution is 2.26. The Hall–Kier alpha value is -0.350. The van der Waals surface area contributed by atoms with Crippen LogP contribution in [0.4, 0.5) is 13.2 Å². The molecule has 0 radical (unpaired) electrons. The predicted octanol–water partition coefficient (Wildman–Crippen LogP) is -0.276. The van der Waals surface area contributed by atoms with Gasteiger partial charge in [0, 0.05) is 0 Å². The maximum Gasteiger partial charge on any atom is 0.514 e. The first-order valence-electron chi connectivity index (χ1n) is 1.79. The SMILES string of the molecule is O=S(=O)(O)S(=O)(=O)C(F)(F)F. The first kappa shape index (κ1) is 10.7. The molecule has 0 aliphatic heterocycles. The van der Waals surface area contributed by atoms with Gasteiger partial charge in [0.15, 0.2) is 0 Å². The minimum atomic E-state index is -6.49. The lowest BCUT2D eigenvalue weighted by Crippen LogP contribution is -2.30. The topological polar surface area (TPSA) is 88.5 Å². The molecule has 0 heterocycles. The molecule has 0 aromatic heterocycles. The Balaban J connectivity index is 5.49. The van der Waals surface area contributed by atoms with E-state index in [9.17, 15) is 30.0 Å². The van der Waals surface area contributed by atoms with E-state index in [-0.39, 0.29) is 0 Å². The molecular weight excluding hydrogens is 213 g/mol. The van der Waals surface area contributed by atoms with Crippen LogP contribution in [-0.2, 0) is 18.0 Å². The largest absolute Gasteiger partial charge is 0.514 e. The summed E-state index contributed by atoms with van der Waals surface area (Å²) in [6, 6.07) is 0. The van der Waals surface area contributed by atoms with Gasteiger partial charge in [-0.15, -0.1) is 0 Å². The number of hydrogen-bond acceptors (Lipinski definition) is 4. The summed E-state index contributed by atoms with van der Waals surface area (Å²) in [4.78, 5) is 0. The van der Waals surface area contributed by atoms with E-state index < -0.39 is 23.5 Å². The summed E-state index contributed by atoms with van der Waals surface area (Å²) in [6.45, 7) is 0. The Kier molecular flexibility index (Phi) is 2.24. The summed E-state index contributed by atoms with van der Waals surface area (Å²) in [5.41, 5.74) is -5.99. The first-order valence-corrected chi connectivity index (χ1v) is 5.23. The van der Waals surface area contributed by atoms with Gasteiger partial charge in [0.25, 0.3) is 0 Å². The fraction of sp³-hybridized carbons (Fsp3) is 1.00. The van der Waals surface area contributed by atoms with Crippen LogP contribution in [-0.4, -0.2) is 26.9 Å². The van der Waals surface area contributed by atoms with Gasteiger partial charge in [0.05, 0.1) is 0 Å². The third kappa shape index (κ3) is 1.81. The minimum Gasteiger partial charge on any atom is -0.273 e. The molecule has 10 heteroatoms. The molecule has 0 unspecified atom stereocenters. The van der Waals surface area contributed by atoms with Crippen molar-refractivity contribution >= 4 is 18.0 Å². The van der Waals surface area contributed by atoms with Crippen LogP contribution in [0.25, 0.3) is 0 Å². The Morgan fingerprint density at radius 2 is 1.27 bits per heavy atom. The van der Waals surface area contributed by atoms with E-state index >= 15 is 0 Å². The Labute approximate surface area is 58.9 Å². The maximum atomic E-state index is 11.2. The molecule has 68 valence electrons. The number of alkyl halides is 3. The van der Waals surface area contributed by atoms with Crippen LogP contribution in [0.2, 0.25) is 0 Å². The minimum absolute atomic E-state index is 5.99. The van der Waals surface area contributed by atoms with E-state index in [1.165, 1.54) is 0 Å². The molecule has 0 atom stereocenters. The second-order valence-electron chi connectivity index (χ2n) is 1.33. The lowest BCUT2D eigenvalue weighted by atomic mass is 11.6. The first-order chi connectivity index (χ1) is 4.50. The van der Waals surface area contributed by atoms with Crippen molar-refractivity contribution in [1.29, 1.82) is 0 Å². The van der Waals surface area contributed by atoms with E-state index in [0.29, 0.717) is 0 Å². The molecule has 5 nitrogen and oxygen atoms in total. The molecule has 0 spiro atoms. The second-order valence-corrected chi connectivity index (χ2v) is 6.13. The van der Waals surface area contributed by atoms with Crippen LogP contribution in [0.3, 0.4) is 0 Å². The molecule has 0 saturated heterocycles. The number of rotatable bonds is 1. The van der Waals surface area contributed by atoms with Crippen molar-refractivity contribution in [2.45, 2.75) is 5.51 Å². The molecule has 0 aromatic carbocycles. The second kappa shape index (κ2) is 2.32. The Morgan fingerprint density at radius 1 is 1.00 bits per heavy atom. The Morgan fingerprint density at radius 3 is 1.27 bits per heavy atom. The van der Waals surface area contributed by atoms with Crippen LogP contribution in [0.1, 0.15) is 0 Å². The molecule has 0 fully saturated rings. The van der Waals surface area contributed by atoms with E-state index in [1.54, 1.807) is 0 Å².